The summed E-state index contributed by atoms with van der Waals surface area (Å²) in [6, 6.07) is 8.19. The van der Waals surface area contributed by atoms with Crippen LogP contribution in [0.2, 0.25) is 0 Å². The van der Waals surface area contributed by atoms with Gasteiger partial charge in [0.2, 0.25) is 0 Å². The Morgan fingerprint density at radius 3 is 2.50 bits per heavy atom. The third-order valence-corrected chi connectivity index (χ3v) is 2.04. The summed E-state index contributed by atoms with van der Waals surface area (Å²) in [5.74, 6) is 0.946. The number of hydrogen-bond acceptors (Lipinski definition) is 1. The summed E-state index contributed by atoms with van der Waals surface area (Å²) in [5.41, 5.74) is 8.35. The minimum atomic E-state index is 0.508. The maximum atomic E-state index is 7.06. The van der Waals surface area contributed by atoms with Crippen LogP contribution in [0.3, 0.4) is 0 Å². The van der Waals surface area contributed by atoms with E-state index < -0.39 is 0 Å². The van der Waals surface area contributed by atoms with Gasteiger partial charge in [-0.05, 0) is 37.0 Å². The van der Waals surface area contributed by atoms with Crippen LogP contribution in [0.1, 0.15) is 25.3 Å². The molecule has 0 fully saturated rings. The smallest absolute Gasteiger partial charge is 0.119 e. The van der Waals surface area contributed by atoms with Crippen molar-refractivity contribution in [2.45, 2.75) is 26.2 Å². The van der Waals surface area contributed by atoms with Crippen molar-refractivity contribution in [2.24, 2.45) is 0 Å². The Bertz CT molecular complexity index is 216. The zero-order chi connectivity index (χ0) is 10.2. The summed E-state index contributed by atoms with van der Waals surface area (Å²) in [6.07, 6.45) is 2.98. The zero-order valence-electron chi connectivity index (χ0n) is 8.75. The van der Waals surface area contributed by atoms with Gasteiger partial charge in [0.05, 0.1) is 6.61 Å². The van der Waals surface area contributed by atoms with E-state index in [1.165, 1.54) is 5.56 Å². The van der Waals surface area contributed by atoms with Crippen LogP contribution in [0.25, 0.3) is 0 Å². The molecule has 0 spiro atoms. The molecule has 1 aromatic carbocycles. The third kappa shape index (κ3) is 3.79. The van der Waals surface area contributed by atoms with Crippen LogP contribution in [-0.2, 0) is 6.42 Å². The largest absolute Gasteiger partial charge is 0.494 e. The highest BCUT2D eigenvalue weighted by Crippen LogP contribution is 2.13. The molecule has 0 atom stereocenters. The molecule has 0 aromatic heterocycles. The summed E-state index contributed by atoms with van der Waals surface area (Å²) in [4.78, 5) is 0. The average Bonchev–Trinajstić information content (AvgIpc) is 2.25. The van der Waals surface area contributed by atoms with Crippen molar-refractivity contribution in [3.8, 4) is 5.75 Å². The van der Waals surface area contributed by atoms with Crippen LogP contribution in [0.15, 0.2) is 24.3 Å². The number of aryl methyl sites for hydroxylation is 1. The maximum Gasteiger partial charge on any atom is 0.119 e. The van der Waals surface area contributed by atoms with Gasteiger partial charge in [-0.1, -0.05) is 19.1 Å². The highest BCUT2D eigenvalue weighted by Gasteiger charge is 1.94. The summed E-state index contributed by atoms with van der Waals surface area (Å²) in [7, 11) is 0. The van der Waals surface area contributed by atoms with Gasteiger partial charge >= 0.3 is 0 Å². The van der Waals surface area contributed by atoms with Gasteiger partial charge in [-0.2, -0.15) is 0 Å². The Morgan fingerprint density at radius 2 is 1.93 bits per heavy atom. The highest BCUT2D eigenvalue weighted by atomic mass is 16.5. The lowest BCUT2D eigenvalue weighted by atomic mass is 10.1. The van der Waals surface area contributed by atoms with E-state index in [1.54, 1.807) is 0 Å². The van der Waals surface area contributed by atoms with Gasteiger partial charge in [0, 0.05) is 6.54 Å². The molecule has 0 saturated heterocycles. The van der Waals surface area contributed by atoms with Crippen LogP contribution < -0.4 is 10.5 Å². The Morgan fingerprint density at radius 1 is 1.21 bits per heavy atom. The molecule has 0 aliphatic heterocycles. The van der Waals surface area contributed by atoms with Crippen LogP contribution in [0, 0.1) is 0 Å². The SMILES string of the molecule is CCCOc1ccc(CCC[NH])cc1. The van der Waals surface area contributed by atoms with Crippen molar-refractivity contribution in [1.82, 2.24) is 5.73 Å². The van der Waals surface area contributed by atoms with Gasteiger partial charge < -0.3 is 4.74 Å². The molecule has 1 N–H and O–H groups in total. The first kappa shape index (κ1) is 11.1. The average molecular weight is 192 g/mol. The van der Waals surface area contributed by atoms with E-state index in [2.05, 4.69) is 19.1 Å². The van der Waals surface area contributed by atoms with Gasteiger partial charge in [0.15, 0.2) is 0 Å². The van der Waals surface area contributed by atoms with Crippen LogP contribution in [0.5, 0.6) is 5.75 Å². The fourth-order valence-electron chi connectivity index (χ4n) is 1.26. The molecule has 0 saturated carbocycles. The molecule has 0 aliphatic carbocycles. The number of rotatable bonds is 6. The molecule has 0 bridgehead atoms. The van der Waals surface area contributed by atoms with Crippen molar-refractivity contribution >= 4 is 0 Å². The normalized spacial score (nSPS) is 10.1. The maximum absolute atomic E-state index is 7.06. The van der Waals surface area contributed by atoms with E-state index in [4.69, 9.17) is 10.5 Å². The first-order chi connectivity index (χ1) is 6.86. The molecule has 14 heavy (non-hydrogen) atoms. The first-order valence-electron chi connectivity index (χ1n) is 5.23. The highest BCUT2D eigenvalue weighted by molar-refractivity contribution is 5.27. The number of nitrogens with one attached hydrogen (secondary N) is 1. The topological polar surface area (TPSA) is 33.0 Å². The molecule has 0 heterocycles. The van der Waals surface area contributed by atoms with Crippen molar-refractivity contribution in [2.75, 3.05) is 13.2 Å². The second-order valence-corrected chi connectivity index (χ2v) is 3.35. The number of benzene rings is 1. The molecule has 1 radical (unpaired) electrons. The Kier molecular flexibility index (Phi) is 5.08. The van der Waals surface area contributed by atoms with Gasteiger partial charge in [-0.25, -0.2) is 0 Å². The molecule has 1 aromatic rings. The number of ether oxygens (including phenoxy) is 1. The van der Waals surface area contributed by atoms with E-state index in [0.29, 0.717) is 6.54 Å². The fraction of sp³-hybridized carbons (Fsp3) is 0.500. The summed E-state index contributed by atoms with van der Waals surface area (Å²) in [6.45, 7) is 3.39. The molecule has 77 valence electrons. The van der Waals surface area contributed by atoms with E-state index in [1.807, 2.05) is 12.1 Å². The van der Waals surface area contributed by atoms with Gasteiger partial charge in [0.1, 0.15) is 5.75 Å². The molecule has 0 aliphatic rings. The quantitative estimate of drug-likeness (QED) is 0.682. The van der Waals surface area contributed by atoms with E-state index in [0.717, 1.165) is 31.6 Å². The monoisotopic (exact) mass is 192 g/mol. The van der Waals surface area contributed by atoms with E-state index >= 15 is 0 Å². The summed E-state index contributed by atoms with van der Waals surface area (Å²) in [5, 5.41) is 0. The standard InChI is InChI=1S/C12H18NO/c1-2-10-14-12-7-5-11(6-8-12)4-3-9-13/h5-8,13H,2-4,9-10H2,1H3. The molecule has 0 amide bonds. The molecule has 2 heteroatoms. The van der Waals surface area contributed by atoms with Gasteiger partial charge in [-0.3, -0.25) is 5.73 Å². The predicted molar refractivity (Wildman–Crippen MR) is 58.5 cm³/mol. The number of hydrogen-bond donors (Lipinski definition) is 0. The second-order valence-electron chi connectivity index (χ2n) is 3.35. The van der Waals surface area contributed by atoms with E-state index in [9.17, 15) is 0 Å². The van der Waals surface area contributed by atoms with Crippen LogP contribution in [0.4, 0.5) is 0 Å². The molecular weight excluding hydrogens is 174 g/mol. The van der Waals surface area contributed by atoms with Crippen molar-refractivity contribution in [3.05, 3.63) is 29.8 Å². The zero-order valence-corrected chi connectivity index (χ0v) is 8.75. The summed E-state index contributed by atoms with van der Waals surface area (Å²) < 4.78 is 5.48. The fourth-order valence-corrected chi connectivity index (χ4v) is 1.26. The van der Waals surface area contributed by atoms with Crippen LogP contribution in [-0.4, -0.2) is 13.2 Å². The third-order valence-electron chi connectivity index (χ3n) is 2.04. The van der Waals surface area contributed by atoms with E-state index in [-0.39, 0.29) is 0 Å². The van der Waals surface area contributed by atoms with Crippen molar-refractivity contribution in [3.63, 3.8) is 0 Å². The Hall–Kier alpha value is -1.02. The van der Waals surface area contributed by atoms with Crippen LogP contribution >= 0.6 is 0 Å². The summed E-state index contributed by atoms with van der Waals surface area (Å²) >= 11 is 0. The van der Waals surface area contributed by atoms with Gasteiger partial charge in [-0.15, -0.1) is 0 Å². The minimum Gasteiger partial charge on any atom is -0.494 e. The lowest BCUT2D eigenvalue weighted by molar-refractivity contribution is 0.317. The molecule has 0 unspecified atom stereocenters. The Labute approximate surface area is 86.1 Å². The first-order valence-corrected chi connectivity index (χ1v) is 5.23. The minimum absolute atomic E-state index is 0.508. The molecule has 1 rings (SSSR count). The molecule has 2 nitrogen and oxygen atoms in total. The Balaban J connectivity index is 2.42. The predicted octanol–water partition coefficient (Wildman–Crippen LogP) is 2.69. The second kappa shape index (κ2) is 6.44. The van der Waals surface area contributed by atoms with Crippen molar-refractivity contribution < 1.29 is 4.74 Å². The lowest BCUT2D eigenvalue weighted by Gasteiger charge is -2.05. The lowest BCUT2D eigenvalue weighted by Crippen LogP contribution is -1.95. The molecular formula is C12H18NO. The van der Waals surface area contributed by atoms with Crippen molar-refractivity contribution in [1.29, 1.82) is 0 Å². The van der Waals surface area contributed by atoms with Gasteiger partial charge in [0.25, 0.3) is 0 Å².